The van der Waals surface area contributed by atoms with Gasteiger partial charge in [0.25, 0.3) is 0 Å². The van der Waals surface area contributed by atoms with Gasteiger partial charge in [0, 0.05) is 32.5 Å². The summed E-state index contributed by atoms with van der Waals surface area (Å²) in [6, 6.07) is -1.37. The number of aliphatic carboxylic acids is 1. The zero-order chi connectivity index (χ0) is 44.4. The minimum Gasteiger partial charge on any atom is -0.480 e. The number of carbonyl (C=O) groups excluding carboxylic acids is 6. The van der Waals surface area contributed by atoms with Crippen LogP contribution in [0.15, 0.2) is 0 Å². The molecule has 1 heterocycles. The minimum atomic E-state index is -1.37. The molecule has 0 aliphatic carbocycles. The number of ketones is 1. The fraction of sp³-hybridized carbons (Fsp3) is 0.837. The van der Waals surface area contributed by atoms with Crippen LogP contribution in [0, 0.1) is 5.92 Å². The Morgan fingerprint density at radius 1 is 0.541 bits per heavy atom. The molecule has 0 aromatic carbocycles. The van der Waals surface area contributed by atoms with Crippen LogP contribution in [0.3, 0.4) is 0 Å². The normalized spacial score (nSPS) is 18.6. The molecule has 0 aromatic heterocycles. The fourth-order valence-electron chi connectivity index (χ4n) is 6.44. The molecule has 4 amide bonds. The molecule has 1 saturated heterocycles. The van der Waals surface area contributed by atoms with Crippen molar-refractivity contribution < 1.29 is 67.1 Å². The summed E-state index contributed by atoms with van der Waals surface area (Å²) in [6.45, 7) is 2.10. The van der Waals surface area contributed by atoms with E-state index >= 15 is 0 Å². The molecule has 18 nitrogen and oxygen atoms in total. The molecular weight excluding hydrogens is 796 g/mol. The molecule has 0 aromatic rings. The second-order valence-corrected chi connectivity index (χ2v) is 15.0. The summed E-state index contributed by atoms with van der Waals surface area (Å²) in [4.78, 5) is 85.1. The van der Waals surface area contributed by atoms with Gasteiger partial charge < -0.3 is 54.8 Å². The summed E-state index contributed by atoms with van der Waals surface area (Å²) in [7, 11) is 0. The molecule has 1 fully saturated rings. The smallest absolute Gasteiger partial charge is 0.326 e. The van der Waals surface area contributed by atoms with Crippen molar-refractivity contribution in [2.24, 2.45) is 5.92 Å². The molecule has 1 unspecified atom stereocenters. The van der Waals surface area contributed by atoms with Gasteiger partial charge in [0.1, 0.15) is 31.6 Å². The predicted molar refractivity (Wildman–Crippen MR) is 225 cm³/mol. The highest BCUT2D eigenvalue weighted by molar-refractivity contribution is 6.02. The third-order valence-corrected chi connectivity index (χ3v) is 9.81. The molecule has 2 atom stereocenters. The average Bonchev–Trinajstić information content (AvgIpc) is 3.24. The first-order valence-electron chi connectivity index (χ1n) is 22.4. The number of ether oxygens (including phenoxy) is 6. The van der Waals surface area contributed by atoms with Crippen molar-refractivity contribution in [2.75, 3.05) is 98.9 Å². The van der Waals surface area contributed by atoms with E-state index in [-0.39, 0.29) is 116 Å². The summed E-state index contributed by atoms with van der Waals surface area (Å²) in [6.07, 6.45) is 18.8. The van der Waals surface area contributed by atoms with Crippen LogP contribution < -0.4 is 21.3 Å². The zero-order valence-corrected chi connectivity index (χ0v) is 36.5. The molecular formula is C43H75N4O14. The highest BCUT2D eigenvalue weighted by Gasteiger charge is 2.32. The Hall–Kier alpha value is -3.55. The van der Waals surface area contributed by atoms with Crippen molar-refractivity contribution >= 4 is 41.7 Å². The van der Waals surface area contributed by atoms with Crippen LogP contribution in [0.2, 0.25) is 0 Å². The summed E-state index contributed by atoms with van der Waals surface area (Å²) >= 11 is 0. The van der Waals surface area contributed by atoms with E-state index in [9.17, 15) is 38.7 Å². The summed E-state index contributed by atoms with van der Waals surface area (Å²) in [5.74, 6) is -4.50. The first-order chi connectivity index (χ1) is 29.7. The molecule has 61 heavy (non-hydrogen) atoms. The van der Waals surface area contributed by atoms with Crippen LogP contribution in [-0.2, 0) is 62.0 Å². The number of amides is 4. The van der Waals surface area contributed by atoms with Gasteiger partial charge in [-0.25, -0.2) is 4.79 Å². The number of rotatable bonds is 26. The third kappa shape index (κ3) is 34.7. The van der Waals surface area contributed by atoms with Crippen molar-refractivity contribution in [1.82, 2.24) is 21.3 Å². The number of nitrogens with one attached hydrogen (secondary N) is 4. The molecule has 1 aliphatic rings. The van der Waals surface area contributed by atoms with Crippen molar-refractivity contribution in [2.45, 2.75) is 128 Å². The lowest BCUT2D eigenvalue weighted by Gasteiger charge is -2.21. The number of Topliss-reactive ketones (excluding diaryl/α,β-unsaturated/α-hetero) is 1. The molecule has 1 radical (unpaired) electrons. The third-order valence-electron chi connectivity index (χ3n) is 9.81. The molecule has 5 N–H and O–H groups in total. The number of carboxylic acids is 1. The Morgan fingerprint density at radius 3 is 1.38 bits per heavy atom. The number of hydrogen-bond donors (Lipinski definition) is 5. The topological polar surface area (TPSA) is 243 Å². The minimum absolute atomic E-state index is 0.0717. The molecule has 1 rings (SSSR count). The van der Waals surface area contributed by atoms with E-state index in [0.29, 0.717) is 32.6 Å². The van der Waals surface area contributed by atoms with Gasteiger partial charge in [0.05, 0.1) is 65.4 Å². The van der Waals surface area contributed by atoms with Crippen molar-refractivity contribution in [3.8, 4) is 0 Å². The average molecular weight is 872 g/mol. The summed E-state index contributed by atoms with van der Waals surface area (Å²) in [5.41, 5.74) is 0. The van der Waals surface area contributed by atoms with Crippen LogP contribution in [0.1, 0.15) is 122 Å². The van der Waals surface area contributed by atoms with Crippen molar-refractivity contribution in [3.05, 3.63) is 0 Å². The second kappa shape index (κ2) is 40.5. The van der Waals surface area contributed by atoms with E-state index < -0.39 is 29.7 Å². The summed E-state index contributed by atoms with van der Waals surface area (Å²) < 4.78 is 31.6. The summed E-state index contributed by atoms with van der Waals surface area (Å²) in [5, 5.41) is 20.4. The SMILES string of the molecule is O=[C]COCCOCCNC(=O)COCCOCCNC(=O)COCCOCCNC(=O)C1C[C@@H](C(=O)O)NC(=O)CCCCCCCCCCCCCCCCCCC1=O. The molecule has 1 aliphatic heterocycles. The number of hydrogen-bond acceptors (Lipinski definition) is 13. The van der Waals surface area contributed by atoms with Crippen molar-refractivity contribution in [3.63, 3.8) is 0 Å². The predicted octanol–water partition coefficient (Wildman–Crippen LogP) is 2.72. The largest absolute Gasteiger partial charge is 0.480 e. The number of carboxylic acid groups (broad SMARTS) is 1. The maximum Gasteiger partial charge on any atom is 0.326 e. The van der Waals surface area contributed by atoms with E-state index in [1.54, 1.807) is 6.29 Å². The highest BCUT2D eigenvalue weighted by Crippen LogP contribution is 2.18. The fourth-order valence-corrected chi connectivity index (χ4v) is 6.44. The van der Waals surface area contributed by atoms with Crippen LogP contribution >= 0.6 is 0 Å². The van der Waals surface area contributed by atoms with Gasteiger partial charge in [0.2, 0.25) is 29.9 Å². The van der Waals surface area contributed by atoms with E-state index in [1.807, 2.05) is 0 Å². The molecule has 0 bridgehead atoms. The Labute approximate surface area is 362 Å². The lowest BCUT2D eigenvalue weighted by molar-refractivity contribution is -0.143. The standard InChI is InChI=1S/C43H75N4O14/c48-22-26-59-28-27-56-23-19-44-40(51)34-60-31-29-57-24-20-45-41(52)35-61-32-30-58-25-21-46-42(53)36-33-37(43(54)55)47-39(50)18-16-14-12-10-8-6-4-2-1-3-5-7-9-11-13-15-17-38(36)49/h36-37H,1-21,23-35H2,(H,44,51)(H,45,52)(H,46,53)(H,47,50)(H,54,55)/t36?,37-/m0/s1. The van der Waals surface area contributed by atoms with E-state index in [2.05, 4.69) is 21.3 Å². The maximum absolute atomic E-state index is 13.3. The Bertz CT molecular complexity index is 1190. The van der Waals surface area contributed by atoms with Gasteiger partial charge in [-0.2, -0.15) is 0 Å². The Morgan fingerprint density at radius 2 is 0.934 bits per heavy atom. The molecule has 0 saturated carbocycles. The van der Waals surface area contributed by atoms with E-state index in [0.717, 1.165) is 38.5 Å². The van der Waals surface area contributed by atoms with E-state index in [1.165, 1.54) is 51.4 Å². The lowest BCUT2D eigenvalue weighted by Crippen LogP contribution is -2.46. The molecule has 0 spiro atoms. The van der Waals surface area contributed by atoms with Crippen LogP contribution in [-0.4, -0.2) is 152 Å². The van der Waals surface area contributed by atoms with Crippen molar-refractivity contribution in [1.29, 1.82) is 0 Å². The van der Waals surface area contributed by atoms with Gasteiger partial charge in [-0.15, -0.1) is 0 Å². The zero-order valence-electron chi connectivity index (χ0n) is 36.5. The van der Waals surface area contributed by atoms with Crippen LogP contribution in [0.4, 0.5) is 0 Å². The lowest BCUT2D eigenvalue weighted by atomic mass is 9.91. The first-order valence-corrected chi connectivity index (χ1v) is 22.4. The van der Waals surface area contributed by atoms with Gasteiger partial charge in [-0.1, -0.05) is 89.9 Å². The highest BCUT2D eigenvalue weighted by atomic mass is 16.5. The Kier molecular flexibility index (Phi) is 36.8. The van der Waals surface area contributed by atoms with Gasteiger partial charge in [-0.05, 0) is 19.3 Å². The monoisotopic (exact) mass is 872 g/mol. The second-order valence-electron chi connectivity index (χ2n) is 15.0. The molecule has 18 heteroatoms. The van der Waals surface area contributed by atoms with Gasteiger partial charge >= 0.3 is 5.97 Å². The van der Waals surface area contributed by atoms with Crippen LogP contribution in [0.25, 0.3) is 0 Å². The molecule has 351 valence electrons. The van der Waals surface area contributed by atoms with Gasteiger partial charge in [0.15, 0.2) is 0 Å². The quantitative estimate of drug-likeness (QED) is 0.0621. The first kappa shape index (κ1) is 55.5. The number of carbonyl (C=O) groups is 6. The Balaban J connectivity index is 2.29. The van der Waals surface area contributed by atoms with Crippen LogP contribution in [0.5, 0.6) is 0 Å². The maximum atomic E-state index is 13.3. The van der Waals surface area contributed by atoms with E-state index in [4.69, 9.17) is 28.4 Å². The van der Waals surface area contributed by atoms with Gasteiger partial charge in [-0.3, -0.25) is 28.8 Å².